The van der Waals surface area contributed by atoms with Gasteiger partial charge in [-0.05, 0) is 42.3 Å². The number of oxime groups is 1. The fourth-order valence-corrected chi connectivity index (χ4v) is 4.24. The van der Waals surface area contributed by atoms with Crippen LogP contribution in [0.15, 0.2) is 47.6 Å². The predicted molar refractivity (Wildman–Crippen MR) is 116 cm³/mol. The van der Waals surface area contributed by atoms with E-state index in [0.717, 1.165) is 23.1 Å². The van der Waals surface area contributed by atoms with E-state index in [1.165, 1.54) is 25.1 Å². The topological polar surface area (TPSA) is 79.3 Å². The maximum absolute atomic E-state index is 14.1. The molecule has 38 heavy (non-hydrogen) atoms. The van der Waals surface area contributed by atoms with Crippen LogP contribution in [0, 0.1) is 12.7 Å². The fourth-order valence-electron chi connectivity index (χ4n) is 4.24. The van der Waals surface area contributed by atoms with Crippen molar-refractivity contribution in [3.05, 3.63) is 70.5 Å². The highest BCUT2D eigenvalue weighted by Gasteiger charge is 2.62. The normalized spacial score (nSPS) is 20.5. The number of carbonyl (C=O) groups is 3. The van der Waals surface area contributed by atoms with Gasteiger partial charge in [0.1, 0.15) is 25.5 Å². The van der Waals surface area contributed by atoms with Crippen molar-refractivity contribution < 1.29 is 50.0 Å². The van der Waals surface area contributed by atoms with E-state index in [4.69, 9.17) is 4.84 Å². The van der Waals surface area contributed by atoms with Crippen molar-refractivity contribution in [3.63, 3.8) is 0 Å². The molecule has 1 unspecified atom stereocenters. The monoisotopic (exact) mass is 545 g/mol. The van der Waals surface area contributed by atoms with Gasteiger partial charge in [-0.1, -0.05) is 23.4 Å². The van der Waals surface area contributed by atoms with Gasteiger partial charge < -0.3 is 9.74 Å². The standard InChI is InChI=1S/C24H18F7N3O4/c1-13-7-14(18-9-22(38-32-18,24(29,30)31)15-3-2-4-16(25)8-15)5-6-17(13)21(37)33-10-19(35)34(20(36)11-33)12-23(26,27)28/h2-8H,9-12H2,1H3. The fraction of sp³-hybridized carbons (Fsp3) is 0.333. The smallest absolute Gasteiger partial charge is 0.374 e. The predicted octanol–water partition coefficient (Wildman–Crippen LogP) is 4.09. The van der Waals surface area contributed by atoms with Gasteiger partial charge in [-0.2, -0.15) is 26.3 Å². The van der Waals surface area contributed by atoms with E-state index in [1.807, 2.05) is 0 Å². The molecule has 0 spiro atoms. The molecule has 2 aliphatic heterocycles. The third-order valence-electron chi connectivity index (χ3n) is 6.15. The Labute approximate surface area is 210 Å². The van der Waals surface area contributed by atoms with Crippen molar-refractivity contribution in [1.29, 1.82) is 0 Å². The molecule has 0 saturated carbocycles. The number of imide groups is 1. The highest BCUT2D eigenvalue weighted by molar-refractivity contribution is 6.07. The molecule has 2 aliphatic rings. The quantitative estimate of drug-likeness (QED) is 0.429. The number of amides is 3. The van der Waals surface area contributed by atoms with Crippen LogP contribution < -0.4 is 0 Å². The lowest BCUT2D eigenvalue weighted by molar-refractivity contribution is -0.275. The first-order chi connectivity index (χ1) is 17.6. The van der Waals surface area contributed by atoms with Gasteiger partial charge in [0.05, 0.1) is 5.71 Å². The van der Waals surface area contributed by atoms with E-state index in [1.54, 1.807) is 0 Å². The van der Waals surface area contributed by atoms with Gasteiger partial charge in [0.15, 0.2) is 0 Å². The number of alkyl halides is 6. The van der Waals surface area contributed by atoms with Crippen molar-refractivity contribution in [2.24, 2.45) is 5.16 Å². The van der Waals surface area contributed by atoms with Crippen LogP contribution in [0.5, 0.6) is 0 Å². The lowest BCUT2D eigenvalue weighted by Gasteiger charge is -2.33. The van der Waals surface area contributed by atoms with Crippen molar-refractivity contribution in [2.75, 3.05) is 19.6 Å². The second kappa shape index (κ2) is 9.40. The molecule has 2 aromatic carbocycles. The molecule has 14 heteroatoms. The van der Waals surface area contributed by atoms with Gasteiger partial charge in [0.25, 0.3) is 11.5 Å². The minimum absolute atomic E-state index is 0.0228. The molecule has 0 aromatic heterocycles. The molecule has 1 fully saturated rings. The molecule has 1 atom stereocenters. The summed E-state index contributed by atoms with van der Waals surface area (Å²) in [7, 11) is 0. The van der Waals surface area contributed by atoms with Crippen LogP contribution in [-0.2, 0) is 20.0 Å². The summed E-state index contributed by atoms with van der Waals surface area (Å²) in [5.74, 6) is -4.10. The van der Waals surface area contributed by atoms with Crippen LogP contribution in [0.4, 0.5) is 30.7 Å². The van der Waals surface area contributed by atoms with Gasteiger partial charge in [-0.3, -0.25) is 19.3 Å². The molecule has 1 saturated heterocycles. The van der Waals surface area contributed by atoms with Gasteiger partial charge in [-0.25, -0.2) is 4.39 Å². The molecule has 3 amide bonds. The molecule has 2 heterocycles. The summed E-state index contributed by atoms with van der Waals surface area (Å²) in [6, 6.07) is 7.74. The molecular formula is C24H18F7N3O4. The van der Waals surface area contributed by atoms with Crippen LogP contribution in [0.1, 0.15) is 33.5 Å². The molecule has 4 rings (SSSR count). The number of nitrogens with zero attached hydrogens (tertiary/aromatic N) is 3. The zero-order valence-corrected chi connectivity index (χ0v) is 19.5. The highest BCUT2D eigenvalue weighted by atomic mass is 19.4. The number of hydrogen-bond acceptors (Lipinski definition) is 5. The van der Waals surface area contributed by atoms with Crippen molar-refractivity contribution in [3.8, 4) is 0 Å². The summed E-state index contributed by atoms with van der Waals surface area (Å²) < 4.78 is 93.8. The Bertz CT molecular complexity index is 1320. The molecular weight excluding hydrogens is 527 g/mol. The molecule has 0 radical (unpaired) electrons. The minimum Gasteiger partial charge on any atom is -0.374 e. The largest absolute Gasteiger partial charge is 0.435 e. The number of rotatable bonds is 4. The second-order valence-corrected chi connectivity index (χ2v) is 8.82. The lowest BCUT2D eigenvalue weighted by atomic mass is 9.86. The third kappa shape index (κ3) is 5.07. The Morgan fingerprint density at radius 1 is 1.03 bits per heavy atom. The Morgan fingerprint density at radius 3 is 2.24 bits per heavy atom. The third-order valence-corrected chi connectivity index (χ3v) is 6.15. The molecule has 202 valence electrons. The Hall–Kier alpha value is -3.97. The van der Waals surface area contributed by atoms with Crippen LogP contribution in [0.25, 0.3) is 0 Å². The van der Waals surface area contributed by atoms with Gasteiger partial charge >= 0.3 is 12.4 Å². The first kappa shape index (κ1) is 27.1. The summed E-state index contributed by atoms with van der Waals surface area (Å²) >= 11 is 0. The van der Waals surface area contributed by atoms with Gasteiger partial charge in [-0.15, -0.1) is 0 Å². The van der Waals surface area contributed by atoms with Crippen molar-refractivity contribution in [1.82, 2.24) is 9.80 Å². The van der Waals surface area contributed by atoms with Crippen LogP contribution in [0.2, 0.25) is 0 Å². The first-order valence-corrected chi connectivity index (χ1v) is 11.0. The zero-order valence-electron chi connectivity index (χ0n) is 19.5. The second-order valence-electron chi connectivity index (χ2n) is 8.82. The molecule has 0 N–H and O–H groups in total. The molecule has 0 aliphatic carbocycles. The average Bonchev–Trinajstić information content (AvgIpc) is 3.27. The summed E-state index contributed by atoms with van der Waals surface area (Å²) in [4.78, 5) is 42.8. The number of carbonyl (C=O) groups excluding carboxylic acids is 3. The number of benzene rings is 2. The maximum Gasteiger partial charge on any atom is 0.435 e. The summed E-state index contributed by atoms with van der Waals surface area (Å²) in [5, 5.41) is 3.59. The number of hydrogen-bond donors (Lipinski definition) is 0. The van der Waals surface area contributed by atoms with Gasteiger partial charge in [0.2, 0.25) is 11.8 Å². The Morgan fingerprint density at radius 2 is 1.68 bits per heavy atom. The average molecular weight is 545 g/mol. The zero-order chi connectivity index (χ0) is 28.0. The van der Waals surface area contributed by atoms with E-state index < -0.39 is 73.1 Å². The van der Waals surface area contributed by atoms with Crippen molar-refractivity contribution in [2.45, 2.75) is 31.3 Å². The summed E-state index contributed by atoms with van der Waals surface area (Å²) in [5.41, 5.74) is -3.15. The van der Waals surface area contributed by atoms with Gasteiger partial charge in [0, 0.05) is 17.5 Å². The number of piperazine rings is 1. The summed E-state index contributed by atoms with van der Waals surface area (Å²) in [6.45, 7) is -1.84. The number of halogens is 7. The molecule has 7 nitrogen and oxygen atoms in total. The molecule has 2 aromatic rings. The lowest BCUT2D eigenvalue weighted by Crippen LogP contribution is -2.57. The van der Waals surface area contributed by atoms with Crippen LogP contribution >= 0.6 is 0 Å². The van der Waals surface area contributed by atoms with E-state index in [0.29, 0.717) is 6.07 Å². The SMILES string of the molecule is Cc1cc(C2=NOC(c3cccc(F)c3)(C(F)(F)F)C2)ccc1C(=O)N1CC(=O)N(CC(F)(F)F)C(=O)C1. The van der Waals surface area contributed by atoms with E-state index in [-0.39, 0.29) is 27.3 Å². The first-order valence-electron chi connectivity index (χ1n) is 11.0. The Balaban J connectivity index is 1.54. The summed E-state index contributed by atoms with van der Waals surface area (Å²) in [6.07, 6.45) is -10.5. The molecule has 0 bridgehead atoms. The van der Waals surface area contributed by atoms with E-state index in [2.05, 4.69) is 5.16 Å². The van der Waals surface area contributed by atoms with Crippen LogP contribution in [-0.4, -0.2) is 65.2 Å². The minimum atomic E-state index is -4.95. The van der Waals surface area contributed by atoms with Crippen molar-refractivity contribution >= 4 is 23.4 Å². The Kier molecular flexibility index (Phi) is 6.70. The van der Waals surface area contributed by atoms with E-state index >= 15 is 0 Å². The maximum atomic E-state index is 14.1. The van der Waals surface area contributed by atoms with Crippen LogP contribution in [0.3, 0.4) is 0 Å². The van der Waals surface area contributed by atoms with E-state index in [9.17, 15) is 45.1 Å². The number of aryl methyl sites for hydroxylation is 1. The highest BCUT2D eigenvalue weighted by Crippen LogP contribution is 2.48.